The standard InChI is InChI=1S/C12H8ClN3O/c13-9-6-15-4-3-8(9)12-16-10-2-1-7(14)5-11(10)17-12/h1-6H,14H2. The summed E-state index contributed by atoms with van der Waals surface area (Å²) in [7, 11) is 0. The van der Waals surface area contributed by atoms with Gasteiger partial charge >= 0.3 is 0 Å². The molecule has 0 aliphatic rings. The molecule has 0 radical (unpaired) electrons. The van der Waals surface area contributed by atoms with Gasteiger partial charge in [0.2, 0.25) is 5.89 Å². The Labute approximate surface area is 102 Å². The van der Waals surface area contributed by atoms with Crippen LogP contribution in [0.5, 0.6) is 0 Å². The molecule has 17 heavy (non-hydrogen) atoms. The van der Waals surface area contributed by atoms with Crippen molar-refractivity contribution >= 4 is 28.4 Å². The van der Waals surface area contributed by atoms with E-state index in [2.05, 4.69) is 9.97 Å². The highest BCUT2D eigenvalue weighted by molar-refractivity contribution is 6.33. The maximum absolute atomic E-state index is 6.03. The van der Waals surface area contributed by atoms with Gasteiger partial charge in [0.05, 0.1) is 10.6 Å². The molecule has 0 atom stereocenters. The predicted octanol–water partition coefficient (Wildman–Crippen LogP) is 3.13. The van der Waals surface area contributed by atoms with Crippen LogP contribution < -0.4 is 5.73 Å². The number of halogens is 1. The molecule has 3 aromatic rings. The number of rotatable bonds is 1. The topological polar surface area (TPSA) is 64.9 Å². The van der Waals surface area contributed by atoms with Crippen LogP contribution in [0.3, 0.4) is 0 Å². The predicted molar refractivity (Wildman–Crippen MR) is 66.7 cm³/mol. The molecule has 0 aliphatic heterocycles. The lowest BCUT2D eigenvalue weighted by Crippen LogP contribution is -1.81. The van der Waals surface area contributed by atoms with Gasteiger partial charge in [-0.25, -0.2) is 4.98 Å². The molecule has 0 aliphatic carbocycles. The van der Waals surface area contributed by atoms with Crippen LogP contribution in [0.2, 0.25) is 5.02 Å². The van der Waals surface area contributed by atoms with Crippen LogP contribution in [0.1, 0.15) is 0 Å². The molecule has 3 rings (SSSR count). The minimum absolute atomic E-state index is 0.470. The average molecular weight is 246 g/mol. The Kier molecular flexibility index (Phi) is 2.23. The molecule has 0 amide bonds. The summed E-state index contributed by atoms with van der Waals surface area (Å²) in [5.74, 6) is 0.470. The first-order valence-corrected chi connectivity index (χ1v) is 5.38. The summed E-state index contributed by atoms with van der Waals surface area (Å²) in [6.45, 7) is 0. The Morgan fingerprint density at radius 2 is 2.12 bits per heavy atom. The number of oxazole rings is 1. The number of hydrogen-bond acceptors (Lipinski definition) is 4. The van der Waals surface area contributed by atoms with Crippen molar-refractivity contribution < 1.29 is 4.42 Å². The maximum Gasteiger partial charge on any atom is 0.228 e. The van der Waals surface area contributed by atoms with E-state index < -0.39 is 0 Å². The summed E-state index contributed by atoms with van der Waals surface area (Å²) in [6, 6.07) is 7.09. The Bertz CT molecular complexity index is 693. The van der Waals surface area contributed by atoms with Crippen molar-refractivity contribution in [2.45, 2.75) is 0 Å². The number of pyridine rings is 1. The van der Waals surface area contributed by atoms with Crippen LogP contribution in [0.4, 0.5) is 5.69 Å². The second kappa shape index (κ2) is 3.75. The largest absolute Gasteiger partial charge is 0.436 e. The Morgan fingerprint density at radius 1 is 1.24 bits per heavy atom. The lowest BCUT2D eigenvalue weighted by atomic mass is 10.3. The highest BCUT2D eigenvalue weighted by atomic mass is 35.5. The van der Waals surface area contributed by atoms with E-state index in [-0.39, 0.29) is 0 Å². The molecule has 1 aromatic carbocycles. The van der Waals surface area contributed by atoms with Crippen LogP contribution in [0, 0.1) is 0 Å². The van der Waals surface area contributed by atoms with Gasteiger partial charge in [-0.3, -0.25) is 4.98 Å². The van der Waals surface area contributed by atoms with E-state index in [0.717, 1.165) is 11.1 Å². The number of anilines is 1. The van der Waals surface area contributed by atoms with Gasteiger partial charge in [-0.1, -0.05) is 11.6 Å². The molecule has 0 fully saturated rings. The molecular weight excluding hydrogens is 238 g/mol. The fraction of sp³-hybridized carbons (Fsp3) is 0. The zero-order valence-corrected chi connectivity index (χ0v) is 9.48. The van der Waals surface area contributed by atoms with Crippen LogP contribution >= 0.6 is 11.6 Å². The van der Waals surface area contributed by atoms with Crippen molar-refractivity contribution in [2.24, 2.45) is 0 Å². The van der Waals surface area contributed by atoms with Gasteiger partial charge in [0.25, 0.3) is 0 Å². The number of nitrogens with zero attached hydrogens (tertiary/aromatic N) is 2. The normalized spacial score (nSPS) is 10.9. The molecule has 2 N–H and O–H groups in total. The smallest absolute Gasteiger partial charge is 0.228 e. The number of benzene rings is 1. The number of fused-ring (bicyclic) bond motifs is 1. The van der Waals surface area contributed by atoms with Gasteiger partial charge in [0, 0.05) is 24.1 Å². The van der Waals surface area contributed by atoms with Crippen molar-refractivity contribution in [3.05, 3.63) is 41.7 Å². The third-order valence-corrected chi connectivity index (χ3v) is 2.72. The van der Waals surface area contributed by atoms with Crippen molar-refractivity contribution in [3.63, 3.8) is 0 Å². The van der Waals surface area contributed by atoms with Gasteiger partial charge in [-0.2, -0.15) is 0 Å². The Balaban J connectivity index is 2.22. The van der Waals surface area contributed by atoms with Crippen LogP contribution in [0.15, 0.2) is 41.1 Å². The Hall–Kier alpha value is -2.07. The van der Waals surface area contributed by atoms with E-state index in [1.807, 2.05) is 6.07 Å². The minimum Gasteiger partial charge on any atom is -0.436 e. The highest BCUT2D eigenvalue weighted by Gasteiger charge is 2.11. The van der Waals surface area contributed by atoms with E-state index in [0.29, 0.717) is 22.2 Å². The first kappa shape index (κ1) is 10.1. The molecule has 0 saturated carbocycles. The summed E-state index contributed by atoms with van der Waals surface area (Å²) in [5.41, 5.74) is 8.43. The molecule has 2 aromatic heterocycles. The zero-order valence-electron chi connectivity index (χ0n) is 8.72. The Morgan fingerprint density at radius 3 is 2.94 bits per heavy atom. The molecule has 0 bridgehead atoms. The number of hydrogen-bond donors (Lipinski definition) is 1. The van der Waals surface area contributed by atoms with E-state index in [1.165, 1.54) is 0 Å². The lowest BCUT2D eigenvalue weighted by molar-refractivity contribution is 0.620. The third-order valence-electron chi connectivity index (χ3n) is 2.42. The number of aromatic nitrogens is 2. The summed E-state index contributed by atoms with van der Waals surface area (Å²) >= 11 is 6.03. The molecule has 0 saturated heterocycles. The van der Waals surface area contributed by atoms with Crippen LogP contribution in [-0.2, 0) is 0 Å². The fourth-order valence-corrected chi connectivity index (χ4v) is 1.81. The van der Waals surface area contributed by atoms with E-state index in [1.54, 1.807) is 30.6 Å². The van der Waals surface area contributed by atoms with E-state index in [9.17, 15) is 0 Å². The first-order valence-electron chi connectivity index (χ1n) is 5.00. The molecular formula is C12H8ClN3O. The van der Waals surface area contributed by atoms with E-state index >= 15 is 0 Å². The molecule has 84 valence electrons. The van der Waals surface area contributed by atoms with Gasteiger partial charge in [0.1, 0.15) is 5.52 Å². The molecule has 4 nitrogen and oxygen atoms in total. The average Bonchev–Trinajstić information content (AvgIpc) is 2.72. The molecule has 2 heterocycles. The summed E-state index contributed by atoms with van der Waals surface area (Å²) in [6.07, 6.45) is 3.20. The summed E-state index contributed by atoms with van der Waals surface area (Å²) in [4.78, 5) is 8.27. The van der Waals surface area contributed by atoms with Gasteiger partial charge < -0.3 is 10.2 Å². The number of nitrogen functional groups attached to an aromatic ring is 1. The second-order valence-electron chi connectivity index (χ2n) is 3.60. The minimum atomic E-state index is 0.470. The quantitative estimate of drug-likeness (QED) is 0.669. The molecule has 5 heteroatoms. The highest BCUT2D eigenvalue weighted by Crippen LogP contribution is 2.29. The first-order chi connectivity index (χ1) is 8.24. The van der Waals surface area contributed by atoms with Gasteiger partial charge in [-0.05, 0) is 18.2 Å². The van der Waals surface area contributed by atoms with Crippen molar-refractivity contribution in [2.75, 3.05) is 5.73 Å². The summed E-state index contributed by atoms with van der Waals surface area (Å²) in [5, 5.41) is 0.507. The van der Waals surface area contributed by atoms with Crippen molar-refractivity contribution in [1.82, 2.24) is 9.97 Å². The second-order valence-corrected chi connectivity index (χ2v) is 4.01. The third kappa shape index (κ3) is 1.72. The molecule has 0 unspecified atom stereocenters. The van der Waals surface area contributed by atoms with Gasteiger partial charge in [-0.15, -0.1) is 0 Å². The van der Waals surface area contributed by atoms with Gasteiger partial charge in [0.15, 0.2) is 5.58 Å². The monoisotopic (exact) mass is 245 g/mol. The van der Waals surface area contributed by atoms with Crippen LogP contribution in [-0.4, -0.2) is 9.97 Å². The lowest BCUT2D eigenvalue weighted by Gasteiger charge is -1.96. The summed E-state index contributed by atoms with van der Waals surface area (Å²) < 4.78 is 5.61. The van der Waals surface area contributed by atoms with Crippen molar-refractivity contribution in [1.29, 1.82) is 0 Å². The van der Waals surface area contributed by atoms with Crippen molar-refractivity contribution in [3.8, 4) is 11.5 Å². The SMILES string of the molecule is Nc1ccc2nc(-c3ccncc3Cl)oc2c1. The molecule has 0 spiro atoms. The zero-order chi connectivity index (χ0) is 11.8. The van der Waals surface area contributed by atoms with Crippen LogP contribution in [0.25, 0.3) is 22.6 Å². The maximum atomic E-state index is 6.03. The number of nitrogens with two attached hydrogens (primary N) is 1. The fourth-order valence-electron chi connectivity index (χ4n) is 1.61. The van der Waals surface area contributed by atoms with E-state index in [4.69, 9.17) is 21.8 Å².